The van der Waals surface area contributed by atoms with Crippen LogP contribution in [0.25, 0.3) is 16.7 Å². The molecule has 37 heavy (non-hydrogen) atoms. The number of carbonyl (C=O) groups is 2. The molecule has 0 spiro atoms. The molecule has 2 amide bonds. The van der Waals surface area contributed by atoms with Gasteiger partial charge < -0.3 is 20.2 Å². The second-order valence-electron chi connectivity index (χ2n) is 8.83. The number of nitrogens with one attached hydrogen (secondary N) is 1. The summed E-state index contributed by atoms with van der Waals surface area (Å²) in [7, 11) is 0. The van der Waals surface area contributed by atoms with Crippen molar-refractivity contribution in [2.45, 2.75) is 13.5 Å². The summed E-state index contributed by atoms with van der Waals surface area (Å²) >= 11 is 0. The van der Waals surface area contributed by atoms with Crippen LogP contribution in [0.3, 0.4) is 0 Å². The quantitative estimate of drug-likeness (QED) is 0.434. The van der Waals surface area contributed by atoms with Crippen molar-refractivity contribution >= 4 is 29.0 Å². The number of pyridine rings is 1. The van der Waals surface area contributed by atoms with Gasteiger partial charge in [-0.05, 0) is 42.8 Å². The van der Waals surface area contributed by atoms with E-state index in [9.17, 15) is 19.5 Å². The number of amides is 2. The van der Waals surface area contributed by atoms with E-state index in [1.807, 2.05) is 42.2 Å². The van der Waals surface area contributed by atoms with Crippen molar-refractivity contribution in [3.63, 3.8) is 0 Å². The molecule has 0 unspecified atom stereocenters. The Morgan fingerprint density at radius 2 is 1.62 bits per heavy atom. The van der Waals surface area contributed by atoms with Crippen molar-refractivity contribution in [1.82, 2.24) is 24.8 Å². The molecule has 5 rings (SSSR count). The second-order valence-corrected chi connectivity index (χ2v) is 8.83. The van der Waals surface area contributed by atoms with Crippen molar-refractivity contribution in [2.24, 2.45) is 0 Å². The number of aryl methyl sites for hydroxylation is 1. The van der Waals surface area contributed by atoms with Crippen LogP contribution in [0, 0.1) is 6.92 Å². The minimum Gasteiger partial charge on any atom is -0.465 e. The van der Waals surface area contributed by atoms with Gasteiger partial charge >= 0.3 is 6.09 Å². The van der Waals surface area contributed by atoms with Crippen LogP contribution in [-0.4, -0.2) is 62.7 Å². The molecule has 1 fully saturated rings. The molecule has 2 aromatic carbocycles. The molecule has 1 aliphatic rings. The zero-order valence-electron chi connectivity index (χ0n) is 20.3. The monoisotopic (exact) mass is 498 g/mol. The number of aromatic nitrogens is 3. The predicted molar refractivity (Wildman–Crippen MR) is 139 cm³/mol. The molecule has 2 aromatic heterocycles. The lowest BCUT2D eigenvalue weighted by Crippen LogP contribution is -2.48. The number of carbonyl (C=O) groups excluding carboxylic acids is 1. The molecule has 0 bridgehead atoms. The molecular weight excluding hydrogens is 472 g/mol. The maximum Gasteiger partial charge on any atom is 0.407 e. The number of fused-ring (bicyclic) bond motifs is 1. The van der Waals surface area contributed by atoms with Gasteiger partial charge in [0.2, 0.25) is 5.95 Å². The van der Waals surface area contributed by atoms with Gasteiger partial charge in [0.25, 0.3) is 11.5 Å². The average Bonchev–Trinajstić information content (AvgIpc) is 2.92. The first-order valence-corrected chi connectivity index (χ1v) is 12.0. The Hall–Kier alpha value is -4.73. The van der Waals surface area contributed by atoms with Gasteiger partial charge in [-0.15, -0.1) is 0 Å². The van der Waals surface area contributed by atoms with E-state index >= 15 is 0 Å². The summed E-state index contributed by atoms with van der Waals surface area (Å²) in [5.74, 6) is 0.243. The van der Waals surface area contributed by atoms with E-state index < -0.39 is 6.09 Å². The second kappa shape index (κ2) is 10.1. The minimum absolute atomic E-state index is 0.207. The summed E-state index contributed by atoms with van der Waals surface area (Å²) in [5.41, 5.74) is 2.98. The molecule has 10 nitrogen and oxygen atoms in total. The van der Waals surface area contributed by atoms with E-state index in [1.165, 1.54) is 15.5 Å². The number of rotatable bonds is 5. The van der Waals surface area contributed by atoms with Crippen molar-refractivity contribution in [2.75, 3.05) is 31.1 Å². The fourth-order valence-corrected chi connectivity index (χ4v) is 4.38. The van der Waals surface area contributed by atoms with Gasteiger partial charge in [0.05, 0.1) is 11.4 Å². The lowest BCUT2D eigenvalue weighted by Gasteiger charge is -2.33. The Labute approximate surface area is 212 Å². The Morgan fingerprint density at radius 1 is 0.919 bits per heavy atom. The van der Waals surface area contributed by atoms with Gasteiger partial charge in [0.15, 0.2) is 5.65 Å². The largest absolute Gasteiger partial charge is 0.465 e. The zero-order valence-corrected chi connectivity index (χ0v) is 20.3. The summed E-state index contributed by atoms with van der Waals surface area (Å²) in [4.78, 5) is 49.5. The molecule has 1 saturated heterocycles. The summed E-state index contributed by atoms with van der Waals surface area (Å²) in [6, 6.07) is 19.7. The number of anilines is 1. The summed E-state index contributed by atoms with van der Waals surface area (Å²) < 4.78 is 1.51. The van der Waals surface area contributed by atoms with Gasteiger partial charge in [0.1, 0.15) is 0 Å². The van der Waals surface area contributed by atoms with Gasteiger partial charge in [-0.25, -0.2) is 9.78 Å². The molecule has 0 saturated carbocycles. The van der Waals surface area contributed by atoms with E-state index in [2.05, 4.69) is 10.3 Å². The molecule has 0 aliphatic carbocycles. The molecule has 10 heteroatoms. The van der Waals surface area contributed by atoms with Crippen LogP contribution >= 0.6 is 0 Å². The lowest BCUT2D eigenvalue weighted by molar-refractivity contribution is 0.0950. The highest BCUT2D eigenvalue weighted by atomic mass is 16.4. The molecule has 4 aromatic rings. The van der Waals surface area contributed by atoms with Crippen molar-refractivity contribution in [3.8, 4) is 5.69 Å². The van der Waals surface area contributed by atoms with Crippen molar-refractivity contribution in [3.05, 3.63) is 93.9 Å². The molecule has 0 radical (unpaired) electrons. The van der Waals surface area contributed by atoms with E-state index in [1.54, 1.807) is 30.3 Å². The van der Waals surface area contributed by atoms with Crippen LogP contribution in [0.2, 0.25) is 0 Å². The third-order valence-corrected chi connectivity index (χ3v) is 6.45. The third kappa shape index (κ3) is 4.99. The number of hydrogen-bond acceptors (Lipinski definition) is 6. The van der Waals surface area contributed by atoms with Gasteiger partial charge in [-0.1, -0.05) is 30.3 Å². The smallest absolute Gasteiger partial charge is 0.407 e. The molecule has 2 N–H and O–H groups in total. The number of carboxylic acid groups (broad SMARTS) is 1. The van der Waals surface area contributed by atoms with Crippen LogP contribution in [-0.2, 0) is 6.54 Å². The number of hydrogen-bond donors (Lipinski definition) is 2. The first kappa shape index (κ1) is 24.0. The summed E-state index contributed by atoms with van der Waals surface area (Å²) in [5, 5.41) is 12.9. The van der Waals surface area contributed by atoms with Crippen LogP contribution < -0.4 is 15.8 Å². The standard InChI is InChI=1S/C27H26N6O4/c1-18-22-11-12-23(34)33(24(22)30-26(29-18)31-13-15-32(16-14-31)27(36)37)21-9-7-20(8-10-21)25(35)28-17-19-5-3-2-4-6-19/h2-12H,13-17H2,1H3,(H,28,35)(H,36,37). The van der Waals surface area contributed by atoms with E-state index in [0.717, 1.165) is 10.9 Å². The first-order chi connectivity index (χ1) is 17.9. The number of nitrogens with zero attached hydrogens (tertiary/aromatic N) is 5. The third-order valence-electron chi connectivity index (χ3n) is 6.45. The first-order valence-electron chi connectivity index (χ1n) is 12.0. The Bertz CT molecular complexity index is 1510. The minimum atomic E-state index is -0.943. The summed E-state index contributed by atoms with van der Waals surface area (Å²) in [6.07, 6.45) is -0.943. The molecule has 0 atom stereocenters. The maximum absolute atomic E-state index is 13.0. The molecule has 1 aliphatic heterocycles. The molecular formula is C27H26N6O4. The highest BCUT2D eigenvalue weighted by Crippen LogP contribution is 2.22. The SMILES string of the molecule is Cc1nc(N2CCN(C(=O)O)CC2)nc2c1ccc(=O)n2-c1ccc(C(=O)NCc2ccccc2)cc1. The summed E-state index contributed by atoms with van der Waals surface area (Å²) in [6.45, 7) is 3.90. The van der Waals surface area contributed by atoms with Crippen molar-refractivity contribution in [1.29, 1.82) is 0 Å². The van der Waals surface area contributed by atoms with Crippen LogP contribution in [0.15, 0.2) is 71.5 Å². The maximum atomic E-state index is 13.0. The average molecular weight is 499 g/mol. The Morgan fingerprint density at radius 3 is 2.30 bits per heavy atom. The topological polar surface area (TPSA) is 121 Å². The zero-order chi connectivity index (χ0) is 25.9. The number of piperazine rings is 1. The molecule has 3 heterocycles. The fraction of sp³-hybridized carbons (Fsp3) is 0.222. The Kier molecular flexibility index (Phi) is 6.55. The highest BCUT2D eigenvalue weighted by molar-refractivity contribution is 5.94. The lowest BCUT2D eigenvalue weighted by atomic mass is 10.1. The van der Waals surface area contributed by atoms with E-state index in [0.29, 0.717) is 61.3 Å². The molecule has 188 valence electrons. The van der Waals surface area contributed by atoms with Crippen LogP contribution in [0.4, 0.5) is 10.7 Å². The highest BCUT2D eigenvalue weighted by Gasteiger charge is 2.23. The van der Waals surface area contributed by atoms with Crippen LogP contribution in [0.5, 0.6) is 0 Å². The van der Waals surface area contributed by atoms with Gasteiger partial charge in [-0.2, -0.15) is 4.98 Å². The van der Waals surface area contributed by atoms with Gasteiger partial charge in [-0.3, -0.25) is 14.2 Å². The number of benzene rings is 2. The van der Waals surface area contributed by atoms with E-state index in [4.69, 9.17) is 4.98 Å². The fourth-order valence-electron chi connectivity index (χ4n) is 4.38. The predicted octanol–water partition coefficient (Wildman–Crippen LogP) is 2.82. The van der Waals surface area contributed by atoms with Gasteiger partial charge in [0, 0.05) is 49.7 Å². The van der Waals surface area contributed by atoms with E-state index in [-0.39, 0.29) is 11.5 Å². The normalized spacial score (nSPS) is 13.5. The van der Waals surface area contributed by atoms with Crippen LogP contribution in [0.1, 0.15) is 21.6 Å². The van der Waals surface area contributed by atoms with Crippen molar-refractivity contribution < 1.29 is 14.7 Å². The Balaban J connectivity index is 1.43.